The van der Waals surface area contributed by atoms with Crippen LogP contribution in [0.4, 0.5) is 4.39 Å². The SMILES string of the molecule is CC(F)COc1nc2ccc(OCC3CCC3)nc2s1. The van der Waals surface area contributed by atoms with Crippen LogP contribution in [-0.2, 0) is 0 Å². The standard InChI is InChI=1S/C14H17FN2O2S/c1-9(15)7-19-14-16-11-5-6-12(17-13(11)20-14)18-8-10-3-2-4-10/h5-6,9-10H,2-4,7-8H2,1H3. The predicted molar refractivity (Wildman–Crippen MR) is 76.3 cm³/mol. The summed E-state index contributed by atoms with van der Waals surface area (Å²) in [7, 11) is 0. The lowest BCUT2D eigenvalue weighted by Gasteiger charge is -2.24. The van der Waals surface area contributed by atoms with Gasteiger partial charge in [0.1, 0.15) is 18.3 Å². The van der Waals surface area contributed by atoms with Gasteiger partial charge in [0.2, 0.25) is 5.88 Å². The Bertz CT molecular complexity index is 584. The van der Waals surface area contributed by atoms with Crippen LogP contribution in [0.5, 0.6) is 11.1 Å². The molecule has 0 spiro atoms. The summed E-state index contributed by atoms with van der Waals surface area (Å²) in [5.74, 6) is 1.30. The van der Waals surface area contributed by atoms with Crippen LogP contribution in [0.3, 0.4) is 0 Å². The number of hydrogen-bond donors (Lipinski definition) is 0. The largest absolute Gasteiger partial charge is 0.477 e. The van der Waals surface area contributed by atoms with E-state index in [-0.39, 0.29) is 6.61 Å². The number of fused-ring (bicyclic) bond motifs is 1. The van der Waals surface area contributed by atoms with Gasteiger partial charge in [-0.15, -0.1) is 0 Å². The minimum Gasteiger partial charge on any atom is -0.477 e. The Labute approximate surface area is 120 Å². The average Bonchev–Trinajstić information content (AvgIpc) is 2.76. The molecule has 2 heterocycles. The van der Waals surface area contributed by atoms with E-state index in [0.29, 0.717) is 17.0 Å². The molecule has 0 bridgehead atoms. The van der Waals surface area contributed by atoms with Crippen LogP contribution in [0.15, 0.2) is 12.1 Å². The summed E-state index contributed by atoms with van der Waals surface area (Å²) >= 11 is 1.32. The molecule has 2 aromatic heterocycles. The van der Waals surface area contributed by atoms with Gasteiger partial charge >= 0.3 is 0 Å². The maximum absolute atomic E-state index is 12.7. The van der Waals surface area contributed by atoms with Crippen LogP contribution >= 0.6 is 11.3 Å². The van der Waals surface area contributed by atoms with E-state index >= 15 is 0 Å². The highest BCUT2D eigenvalue weighted by Crippen LogP contribution is 2.30. The van der Waals surface area contributed by atoms with Crippen molar-refractivity contribution in [2.24, 2.45) is 5.92 Å². The highest BCUT2D eigenvalue weighted by molar-refractivity contribution is 7.19. The minimum absolute atomic E-state index is 0.0187. The van der Waals surface area contributed by atoms with Crippen molar-refractivity contribution >= 4 is 21.7 Å². The second-order valence-electron chi connectivity index (χ2n) is 5.15. The Morgan fingerprint density at radius 1 is 1.35 bits per heavy atom. The molecule has 108 valence electrons. The number of nitrogens with zero attached hydrogens (tertiary/aromatic N) is 2. The van der Waals surface area contributed by atoms with Crippen LogP contribution in [0.25, 0.3) is 10.3 Å². The van der Waals surface area contributed by atoms with E-state index < -0.39 is 6.17 Å². The van der Waals surface area contributed by atoms with Gasteiger partial charge in [-0.05, 0) is 31.7 Å². The van der Waals surface area contributed by atoms with Crippen molar-refractivity contribution in [2.75, 3.05) is 13.2 Å². The lowest BCUT2D eigenvalue weighted by atomic mass is 9.86. The van der Waals surface area contributed by atoms with Crippen molar-refractivity contribution in [2.45, 2.75) is 32.4 Å². The molecule has 0 saturated heterocycles. The molecule has 20 heavy (non-hydrogen) atoms. The second kappa shape index (κ2) is 5.91. The maximum atomic E-state index is 12.7. The third-order valence-electron chi connectivity index (χ3n) is 3.34. The Hall–Kier alpha value is -1.43. The van der Waals surface area contributed by atoms with Crippen LogP contribution < -0.4 is 9.47 Å². The molecule has 2 aromatic rings. The molecule has 0 N–H and O–H groups in total. The first-order valence-electron chi connectivity index (χ1n) is 6.88. The highest BCUT2D eigenvalue weighted by Gasteiger charge is 2.18. The normalized spacial score (nSPS) is 16.9. The molecule has 4 nitrogen and oxygen atoms in total. The molecule has 1 aliphatic carbocycles. The van der Waals surface area contributed by atoms with Crippen molar-refractivity contribution in [3.05, 3.63) is 12.1 Å². The summed E-state index contributed by atoms with van der Waals surface area (Å²) in [6, 6.07) is 3.68. The van der Waals surface area contributed by atoms with E-state index in [1.54, 1.807) is 0 Å². The molecule has 0 amide bonds. The topological polar surface area (TPSA) is 44.2 Å². The van der Waals surface area contributed by atoms with Gasteiger partial charge in [-0.25, -0.2) is 14.4 Å². The molecular weight excluding hydrogens is 279 g/mol. The van der Waals surface area contributed by atoms with E-state index in [1.807, 2.05) is 12.1 Å². The van der Waals surface area contributed by atoms with Crippen molar-refractivity contribution in [1.82, 2.24) is 9.97 Å². The molecule has 1 aliphatic rings. The second-order valence-corrected chi connectivity index (χ2v) is 6.09. The molecule has 6 heteroatoms. The Balaban J connectivity index is 1.66. The van der Waals surface area contributed by atoms with Gasteiger partial charge in [0, 0.05) is 6.07 Å². The van der Waals surface area contributed by atoms with E-state index in [9.17, 15) is 4.39 Å². The fourth-order valence-corrected chi connectivity index (χ4v) is 2.76. The Morgan fingerprint density at radius 2 is 2.20 bits per heavy atom. The first-order valence-corrected chi connectivity index (χ1v) is 7.69. The number of hydrogen-bond acceptors (Lipinski definition) is 5. The molecule has 0 aromatic carbocycles. The van der Waals surface area contributed by atoms with Gasteiger partial charge in [-0.2, -0.15) is 0 Å². The zero-order valence-corrected chi connectivity index (χ0v) is 12.2. The average molecular weight is 296 g/mol. The number of halogens is 1. The van der Waals surface area contributed by atoms with Gasteiger partial charge in [-0.3, -0.25) is 0 Å². The van der Waals surface area contributed by atoms with E-state index in [4.69, 9.17) is 9.47 Å². The fraction of sp³-hybridized carbons (Fsp3) is 0.571. The smallest absolute Gasteiger partial charge is 0.275 e. The van der Waals surface area contributed by atoms with Crippen molar-refractivity contribution in [3.8, 4) is 11.1 Å². The fourth-order valence-electron chi connectivity index (χ4n) is 1.97. The summed E-state index contributed by atoms with van der Waals surface area (Å²) in [4.78, 5) is 9.44. The molecule has 3 rings (SSSR count). The number of aromatic nitrogens is 2. The van der Waals surface area contributed by atoms with Crippen LogP contribution in [0.1, 0.15) is 26.2 Å². The van der Waals surface area contributed by atoms with Gasteiger partial charge in [0.25, 0.3) is 5.19 Å². The highest BCUT2D eigenvalue weighted by atomic mass is 32.1. The molecule has 0 radical (unpaired) electrons. The summed E-state index contributed by atoms with van der Waals surface area (Å²) in [6.45, 7) is 2.21. The van der Waals surface area contributed by atoms with Crippen LogP contribution in [0, 0.1) is 5.92 Å². The number of alkyl halides is 1. The Morgan fingerprint density at radius 3 is 2.90 bits per heavy atom. The Kier molecular flexibility index (Phi) is 4.00. The predicted octanol–water partition coefficient (Wildman–Crippen LogP) is 3.61. The molecule has 1 atom stereocenters. The molecule has 1 unspecified atom stereocenters. The maximum Gasteiger partial charge on any atom is 0.275 e. The number of pyridine rings is 1. The summed E-state index contributed by atoms with van der Waals surface area (Å²) < 4.78 is 23.7. The van der Waals surface area contributed by atoms with Gasteiger partial charge in [-0.1, -0.05) is 17.8 Å². The van der Waals surface area contributed by atoms with Gasteiger partial charge in [0.05, 0.1) is 6.61 Å². The van der Waals surface area contributed by atoms with Crippen molar-refractivity contribution < 1.29 is 13.9 Å². The number of ether oxygens (including phenoxy) is 2. The zero-order chi connectivity index (χ0) is 13.9. The molecule has 1 saturated carbocycles. The molecular formula is C14H17FN2O2S. The summed E-state index contributed by atoms with van der Waals surface area (Å²) in [5, 5.41) is 0.452. The van der Waals surface area contributed by atoms with Crippen molar-refractivity contribution in [1.29, 1.82) is 0 Å². The van der Waals surface area contributed by atoms with E-state index in [1.165, 1.54) is 37.5 Å². The number of thiazole rings is 1. The molecule has 1 fully saturated rings. The van der Waals surface area contributed by atoms with Crippen molar-refractivity contribution in [3.63, 3.8) is 0 Å². The van der Waals surface area contributed by atoms with Crippen LogP contribution in [0.2, 0.25) is 0 Å². The zero-order valence-electron chi connectivity index (χ0n) is 11.3. The summed E-state index contributed by atoms with van der Waals surface area (Å²) in [6.07, 6.45) is 2.81. The summed E-state index contributed by atoms with van der Waals surface area (Å²) in [5.41, 5.74) is 0.757. The minimum atomic E-state index is -1.00. The number of rotatable bonds is 6. The van der Waals surface area contributed by atoms with Gasteiger partial charge < -0.3 is 9.47 Å². The first kappa shape index (κ1) is 13.5. The third kappa shape index (κ3) is 3.17. The monoisotopic (exact) mass is 296 g/mol. The first-order chi connectivity index (χ1) is 9.70. The third-order valence-corrected chi connectivity index (χ3v) is 4.22. The van der Waals surface area contributed by atoms with Gasteiger partial charge in [0.15, 0.2) is 4.83 Å². The van der Waals surface area contributed by atoms with E-state index in [2.05, 4.69) is 9.97 Å². The molecule has 0 aliphatic heterocycles. The van der Waals surface area contributed by atoms with Crippen LogP contribution in [-0.4, -0.2) is 29.4 Å². The lowest BCUT2D eigenvalue weighted by molar-refractivity contribution is 0.176. The lowest BCUT2D eigenvalue weighted by Crippen LogP contribution is -2.19. The quantitative estimate of drug-likeness (QED) is 0.817. The van der Waals surface area contributed by atoms with E-state index in [0.717, 1.165) is 17.0 Å².